The molecule has 2 aromatic carbocycles. The molecule has 0 saturated carbocycles. The average molecular weight is 634 g/mol. The van der Waals surface area contributed by atoms with Crippen LogP contribution in [0.4, 0.5) is 10.5 Å². The van der Waals surface area contributed by atoms with Crippen LogP contribution in [-0.2, 0) is 35.4 Å². The molecule has 12 nitrogen and oxygen atoms in total. The average Bonchev–Trinajstić information content (AvgIpc) is 3.49. The molecular formula is C31H47N5O7S. The van der Waals surface area contributed by atoms with Crippen molar-refractivity contribution in [1.82, 2.24) is 9.62 Å². The first kappa shape index (κ1) is 35.3. The first-order valence-corrected chi connectivity index (χ1v) is 16.5. The summed E-state index contributed by atoms with van der Waals surface area (Å²) < 4.78 is 46.0. The number of carbonyl (C=O) groups excluding carboxylic acids is 2. The molecule has 7 N–H and O–H groups in total. The molecule has 1 aliphatic heterocycles. The number of anilines is 1. The van der Waals surface area contributed by atoms with Gasteiger partial charge in [-0.25, -0.2) is 13.2 Å². The summed E-state index contributed by atoms with van der Waals surface area (Å²) in [5.41, 5.74) is 18.9. The minimum Gasteiger partial charge on any atom is -0.458 e. The fourth-order valence-electron chi connectivity index (χ4n) is 4.86. The minimum atomic E-state index is -4.05. The molecule has 1 fully saturated rings. The maximum absolute atomic E-state index is 13.9. The van der Waals surface area contributed by atoms with Crippen LogP contribution in [0.25, 0.3) is 0 Å². The monoisotopic (exact) mass is 633 g/mol. The summed E-state index contributed by atoms with van der Waals surface area (Å²) in [6.07, 6.45) is 0.231. The van der Waals surface area contributed by atoms with Crippen molar-refractivity contribution in [2.45, 2.75) is 75.1 Å². The Morgan fingerprint density at radius 1 is 1.07 bits per heavy atom. The molecule has 4 atom stereocenters. The van der Waals surface area contributed by atoms with E-state index in [0.717, 1.165) is 5.56 Å². The molecule has 44 heavy (non-hydrogen) atoms. The molecular weight excluding hydrogens is 586 g/mol. The molecule has 1 amide bonds. The quantitative estimate of drug-likeness (QED) is 0.114. The number of hydrogen-bond acceptors (Lipinski definition) is 10. The van der Waals surface area contributed by atoms with Crippen molar-refractivity contribution >= 4 is 27.8 Å². The fraction of sp³-hybridized carbons (Fsp3) is 0.548. The number of benzene rings is 2. The van der Waals surface area contributed by atoms with E-state index in [2.05, 4.69) is 5.32 Å². The second kappa shape index (κ2) is 17.3. The molecule has 0 radical (unpaired) electrons. The summed E-state index contributed by atoms with van der Waals surface area (Å²) in [6, 6.07) is 13.4. The van der Waals surface area contributed by atoms with Crippen LogP contribution in [0.5, 0.6) is 0 Å². The van der Waals surface area contributed by atoms with Gasteiger partial charge in [-0.05, 0) is 61.6 Å². The van der Waals surface area contributed by atoms with E-state index in [9.17, 15) is 18.0 Å². The molecule has 0 bridgehead atoms. The number of esters is 1. The van der Waals surface area contributed by atoms with E-state index in [1.165, 1.54) is 28.6 Å². The van der Waals surface area contributed by atoms with Crippen LogP contribution >= 0.6 is 0 Å². The Morgan fingerprint density at radius 3 is 2.39 bits per heavy atom. The first-order valence-electron chi connectivity index (χ1n) is 15.1. The van der Waals surface area contributed by atoms with Gasteiger partial charge in [0.2, 0.25) is 10.0 Å². The highest BCUT2D eigenvalue weighted by Gasteiger charge is 2.36. The molecule has 0 aromatic heterocycles. The van der Waals surface area contributed by atoms with Crippen LogP contribution < -0.4 is 22.5 Å². The summed E-state index contributed by atoms with van der Waals surface area (Å²) in [5, 5.41) is 2.86. The van der Waals surface area contributed by atoms with Crippen molar-refractivity contribution in [2.24, 2.45) is 17.4 Å². The van der Waals surface area contributed by atoms with Crippen LogP contribution in [0, 0.1) is 5.92 Å². The van der Waals surface area contributed by atoms with E-state index >= 15 is 0 Å². The maximum Gasteiger partial charge on any atom is 0.407 e. The summed E-state index contributed by atoms with van der Waals surface area (Å²) >= 11 is 0. The van der Waals surface area contributed by atoms with Gasteiger partial charge in [-0.3, -0.25) is 4.79 Å². The molecule has 244 valence electrons. The third-order valence-electron chi connectivity index (χ3n) is 7.22. The molecule has 1 heterocycles. The zero-order chi connectivity index (χ0) is 32.1. The smallest absolute Gasteiger partial charge is 0.407 e. The Bertz CT molecular complexity index is 1270. The number of nitrogens with one attached hydrogen (secondary N) is 1. The van der Waals surface area contributed by atoms with Crippen molar-refractivity contribution in [2.75, 3.05) is 38.6 Å². The van der Waals surface area contributed by atoms with Crippen LogP contribution in [0.15, 0.2) is 59.5 Å². The molecule has 1 saturated heterocycles. The molecule has 3 rings (SSSR count). The lowest BCUT2D eigenvalue weighted by molar-refractivity contribution is -0.153. The second-order valence-corrected chi connectivity index (χ2v) is 13.4. The zero-order valence-electron chi connectivity index (χ0n) is 25.6. The van der Waals surface area contributed by atoms with Gasteiger partial charge in [-0.15, -0.1) is 0 Å². The SMILES string of the molecule is CC(C)CN(CC(OC(=O)C(N)CCCCN)C(Cc1ccccc1)NC(=O)OC1CCOC1)S(=O)(=O)c1ccc(N)cc1. The number of amides is 1. The van der Waals surface area contributed by atoms with Gasteiger partial charge in [0.05, 0.1) is 30.7 Å². The number of alkyl carbamates (subject to hydrolysis) is 1. The Balaban J connectivity index is 1.98. The predicted molar refractivity (Wildman–Crippen MR) is 168 cm³/mol. The Labute approximate surface area is 260 Å². The molecule has 1 aliphatic rings. The lowest BCUT2D eigenvalue weighted by atomic mass is 10.0. The standard InChI is InChI=1S/C31H47N5O7S/c1-22(2)19-36(44(39,40)26-13-11-24(33)12-14-26)20-29(43-30(37)27(34)10-6-7-16-32)28(18-23-8-4-3-5-9-23)35-31(38)42-25-15-17-41-21-25/h3-5,8-9,11-14,22,25,27-29H,6-7,10,15-21,32-34H2,1-2H3,(H,35,38). The van der Waals surface area contributed by atoms with Crippen LogP contribution in [0.3, 0.4) is 0 Å². The highest BCUT2D eigenvalue weighted by Crippen LogP contribution is 2.22. The van der Waals surface area contributed by atoms with Gasteiger partial charge in [0.15, 0.2) is 0 Å². The van der Waals surface area contributed by atoms with Gasteiger partial charge in [0.1, 0.15) is 18.2 Å². The summed E-state index contributed by atoms with van der Waals surface area (Å²) in [7, 11) is -4.05. The molecule has 0 spiro atoms. The number of nitrogen functional groups attached to an aromatic ring is 1. The Morgan fingerprint density at radius 2 is 1.77 bits per heavy atom. The number of sulfonamides is 1. The van der Waals surface area contributed by atoms with Crippen molar-refractivity contribution in [3.8, 4) is 0 Å². The van der Waals surface area contributed by atoms with E-state index in [-0.39, 0.29) is 36.9 Å². The van der Waals surface area contributed by atoms with Gasteiger partial charge in [-0.1, -0.05) is 50.6 Å². The summed E-state index contributed by atoms with van der Waals surface area (Å²) in [6.45, 7) is 4.91. The van der Waals surface area contributed by atoms with Crippen LogP contribution in [0.1, 0.15) is 45.1 Å². The van der Waals surface area contributed by atoms with Gasteiger partial charge < -0.3 is 36.7 Å². The van der Waals surface area contributed by atoms with Crippen LogP contribution in [0.2, 0.25) is 0 Å². The lowest BCUT2D eigenvalue weighted by Crippen LogP contribution is -2.54. The van der Waals surface area contributed by atoms with Crippen LogP contribution in [-0.4, -0.2) is 81.9 Å². The largest absolute Gasteiger partial charge is 0.458 e. The van der Waals surface area contributed by atoms with Crippen molar-refractivity contribution in [3.63, 3.8) is 0 Å². The minimum absolute atomic E-state index is 0.0455. The molecule has 2 aromatic rings. The Hall–Kier alpha value is -3.23. The number of ether oxygens (including phenoxy) is 3. The number of rotatable bonds is 17. The van der Waals surface area contributed by atoms with Gasteiger partial charge in [0.25, 0.3) is 0 Å². The number of carbonyl (C=O) groups is 2. The topological polar surface area (TPSA) is 189 Å². The van der Waals surface area contributed by atoms with Gasteiger partial charge in [0, 0.05) is 18.7 Å². The van der Waals surface area contributed by atoms with E-state index in [4.69, 9.17) is 31.4 Å². The van der Waals surface area contributed by atoms with E-state index in [1.54, 1.807) is 0 Å². The zero-order valence-corrected chi connectivity index (χ0v) is 26.4. The third-order valence-corrected chi connectivity index (χ3v) is 9.07. The number of hydrogen-bond donors (Lipinski definition) is 4. The number of nitrogens with zero attached hydrogens (tertiary/aromatic N) is 1. The molecule has 13 heteroatoms. The van der Waals surface area contributed by atoms with Crippen molar-refractivity contribution in [1.29, 1.82) is 0 Å². The fourth-order valence-corrected chi connectivity index (χ4v) is 6.48. The molecule has 4 unspecified atom stereocenters. The number of unbranched alkanes of at least 4 members (excludes halogenated alkanes) is 1. The number of nitrogens with two attached hydrogens (primary N) is 3. The van der Waals surface area contributed by atoms with E-state index < -0.39 is 46.4 Å². The van der Waals surface area contributed by atoms with Gasteiger partial charge in [-0.2, -0.15) is 4.31 Å². The summed E-state index contributed by atoms with van der Waals surface area (Å²) in [5.74, 6) is -0.764. The molecule has 0 aliphatic carbocycles. The van der Waals surface area contributed by atoms with Gasteiger partial charge >= 0.3 is 12.1 Å². The Kier molecular flexibility index (Phi) is 13.9. The highest BCUT2D eigenvalue weighted by molar-refractivity contribution is 7.89. The third kappa shape index (κ3) is 11.0. The van der Waals surface area contributed by atoms with Crippen molar-refractivity contribution < 1.29 is 32.2 Å². The van der Waals surface area contributed by atoms with E-state index in [0.29, 0.717) is 44.5 Å². The maximum atomic E-state index is 13.9. The summed E-state index contributed by atoms with van der Waals surface area (Å²) in [4.78, 5) is 26.5. The lowest BCUT2D eigenvalue weighted by Gasteiger charge is -2.33. The van der Waals surface area contributed by atoms with E-state index in [1.807, 2.05) is 44.2 Å². The van der Waals surface area contributed by atoms with Crippen molar-refractivity contribution in [3.05, 3.63) is 60.2 Å². The highest BCUT2D eigenvalue weighted by atomic mass is 32.2. The normalized spacial score (nSPS) is 17.3. The second-order valence-electron chi connectivity index (χ2n) is 11.5. The predicted octanol–water partition coefficient (Wildman–Crippen LogP) is 2.41. The first-order chi connectivity index (χ1) is 21.0.